The zero-order chi connectivity index (χ0) is 11.5. The van der Waals surface area contributed by atoms with Crippen molar-refractivity contribution in [3.05, 3.63) is 22.3 Å². The summed E-state index contributed by atoms with van der Waals surface area (Å²) < 4.78 is 0.767. The van der Waals surface area contributed by atoms with Gasteiger partial charge < -0.3 is 4.90 Å². The number of aromatic nitrogens is 1. The Labute approximate surface area is 104 Å². The minimum Gasteiger partial charge on any atom is -0.356 e. The molecule has 0 saturated carbocycles. The number of nitriles is 1. The summed E-state index contributed by atoms with van der Waals surface area (Å²) in [5.41, 5.74) is 0.656. The third-order valence-corrected chi connectivity index (χ3v) is 3.57. The van der Waals surface area contributed by atoms with Crippen LogP contribution in [0.25, 0.3) is 0 Å². The molecule has 1 aliphatic rings. The molecule has 0 aliphatic carbocycles. The smallest absolute Gasteiger partial charge is 0.129 e. The zero-order valence-electron chi connectivity index (χ0n) is 9.28. The number of nitrogens with zero attached hydrogens (tertiary/aromatic N) is 3. The Morgan fingerprint density at radius 3 is 3.12 bits per heavy atom. The Balaban J connectivity index is 2.24. The summed E-state index contributed by atoms with van der Waals surface area (Å²) in [5.74, 6) is 1.64. The molecule has 84 valence electrons. The average molecular weight is 280 g/mol. The molecule has 4 heteroatoms. The fourth-order valence-corrected chi connectivity index (χ4v) is 2.39. The molecule has 1 aromatic heterocycles. The van der Waals surface area contributed by atoms with E-state index >= 15 is 0 Å². The maximum absolute atomic E-state index is 8.97. The van der Waals surface area contributed by atoms with Gasteiger partial charge in [0.1, 0.15) is 11.9 Å². The molecule has 16 heavy (non-hydrogen) atoms. The molecular formula is C12H14BrN3. The largest absolute Gasteiger partial charge is 0.356 e. The lowest BCUT2D eigenvalue weighted by atomic mass is 10.0. The summed E-state index contributed by atoms with van der Waals surface area (Å²) in [6, 6.07) is 4.04. The fraction of sp³-hybridized carbons (Fsp3) is 0.500. The van der Waals surface area contributed by atoms with Gasteiger partial charge in [0.15, 0.2) is 0 Å². The molecule has 0 amide bonds. The minimum absolute atomic E-state index is 0.656. The van der Waals surface area contributed by atoms with Crippen LogP contribution >= 0.6 is 15.9 Å². The van der Waals surface area contributed by atoms with E-state index in [4.69, 9.17) is 5.26 Å². The summed E-state index contributed by atoms with van der Waals surface area (Å²) in [6.07, 6.45) is 4.21. The summed E-state index contributed by atoms with van der Waals surface area (Å²) in [5, 5.41) is 8.97. The van der Waals surface area contributed by atoms with E-state index in [1.54, 1.807) is 6.20 Å². The van der Waals surface area contributed by atoms with Gasteiger partial charge in [-0.05, 0) is 40.8 Å². The Morgan fingerprint density at radius 2 is 2.44 bits per heavy atom. The highest BCUT2D eigenvalue weighted by molar-refractivity contribution is 9.10. The molecule has 1 fully saturated rings. The highest BCUT2D eigenvalue weighted by Gasteiger charge is 2.18. The number of anilines is 1. The number of pyridine rings is 1. The van der Waals surface area contributed by atoms with Crippen LogP contribution in [-0.2, 0) is 0 Å². The van der Waals surface area contributed by atoms with Gasteiger partial charge in [-0.3, -0.25) is 0 Å². The highest BCUT2D eigenvalue weighted by Crippen LogP contribution is 2.24. The van der Waals surface area contributed by atoms with Crippen molar-refractivity contribution in [3.8, 4) is 6.07 Å². The molecule has 2 rings (SSSR count). The van der Waals surface area contributed by atoms with Crippen LogP contribution < -0.4 is 4.90 Å². The van der Waals surface area contributed by atoms with Crippen molar-refractivity contribution in [2.45, 2.75) is 19.8 Å². The van der Waals surface area contributed by atoms with Gasteiger partial charge in [0, 0.05) is 19.3 Å². The van der Waals surface area contributed by atoms with Crippen LogP contribution in [0.2, 0.25) is 0 Å². The van der Waals surface area contributed by atoms with E-state index in [2.05, 4.69) is 38.8 Å². The van der Waals surface area contributed by atoms with Crippen molar-refractivity contribution in [1.82, 2.24) is 4.98 Å². The molecule has 0 bridgehead atoms. The number of piperidine rings is 1. The first-order valence-electron chi connectivity index (χ1n) is 5.51. The first kappa shape index (κ1) is 11.4. The lowest BCUT2D eigenvalue weighted by Gasteiger charge is -2.31. The number of hydrogen-bond donors (Lipinski definition) is 0. The first-order chi connectivity index (χ1) is 7.70. The lowest BCUT2D eigenvalue weighted by molar-refractivity contribution is 0.444. The Morgan fingerprint density at radius 1 is 1.62 bits per heavy atom. The topological polar surface area (TPSA) is 39.9 Å². The molecule has 0 unspecified atom stereocenters. The van der Waals surface area contributed by atoms with Crippen molar-refractivity contribution in [3.63, 3.8) is 0 Å². The van der Waals surface area contributed by atoms with Gasteiger partial charge in [-0.1, -0.05) is 6.92 Å². The second-order valence-corrected chi connectivity index (χ2v) is 5.18. The molecule has 1 aromatic rings. The van der Waals surface area contributed by atoms with Crippen LogP contribution in [-0.4, -0.2) is 18.1 Å². The SMILES string of the molecule is C[C@H]1CCCN(c2cc(C#N)c(Br)cn2)C1. The van der Waals surface area contributed by atoms with Gasteiger partial charge in [-0.2, -0.15) is 5.26 Å². The monoisotopic (exact) mass is 279 g/mol. The average Bonchev–Trinajstić information content (AvgIpc) is 2.29. The molecule has 3 nitrogen and oxygen atoms in total. The number of rotatable bonds is 1. The maximum Gasteiger partial charge on any atom is 0.129 e. The fourth-order valence-electron chi connectivity index (χ4n) is 2.08. The van der Waals surface area contributed by atoms with E-state index < -0.39 is 0 Å². The van der Waals surface area contributed by atoms with Crippen LogP contribution in [0.5, 0.6) is 0 Å². The van der Waals surface area contributed by atoms with Gasteiger partial charge in [-0.15, -0.1) is 0 Å². The van der Waals surface area contributed by atoms with Crippen LogP contribution in [0.1, 0.15) is 25.3 Å². The van der Waals surface area contributed by atoms with E-state index in [-0.39, 0.29) is 0 Å². The molecule has 2 heterocycles. The Hall–Kier alpha value is -1.08. The van der Waals surface area contributed by atoms with Crippen LogP contribution in [0.3, 0.4) is 0 Å². The highest BCUT2D eigenvalue weighted by atomic mass is 79.9. The molecule has 0 aromatic carbocycles. The summed E-state index contributed by atoms with van der Waals surface area (Å²) in [7, 11) is 0. The Kier molecular flexibility index (Phi) is 3.45. The predicted octanol–water partition coefficient (Wildman–Crippen LogP) is 2.95. The maximum atomic E-state index is 8.97. The van der Waals surface area contributed by atoms with E-state index in [0.29, 0.717) is 11.5 Å². The molecule has 0 radical (unpaired) electrons. The summed E-state index contributed by atoms with van der Waals surface area (Å²) in [6.45, 7) is 4.35. The van der Waals surface area contributed by atoms with E-state index in [0.717, 1.165) is 23.4 Å². The van der Waals surface area contributed by atoms with Crippen molar-refractivity contribution in [2.24, 2.45) is 5.92 Å². The molecular weight excluding hydrogens is 266 g/mol. The van der Waals surface area contributed by atoms with Crippen LogP contribution in [0.4, 0.5) is 5.82 Å². The number of hydrogen-bond acceptors (Lipinski definition) is 3. The van der Waals surface area contributed by atoms with Crippen LogP contribution in [0.15, 0.2) is 16.7 Å². The zero-order valence-corrected chi connectivity index (χ0v) is 10.9. The first-order valence-corrected chi connectivity index (χ1v) is 6.30. The van der Waals surface area contributed by atoms with Crippen LogP contribution in [0, 0.1) is 17.2 Å². The molecule has 1 aliphatic heterocycles. The normalized spacial score (nSPS) is 20.6. The van der Waals surface area contributed by atoms with Crippen molar-refractivity contribution in [1.29, 1.82) is 5.26 Å². The molecule has 1 atom stereocenters. The molecule has 0 spiro atoms. The number of halogens is 1. The third kappa shape index (κ3) is 2.35. The lowest BCUT2D eigenvalue weighted by Crippen LogP contribution is -2.34. The van der Waals surface area contributed by atoms with Gasteiger partial charge in [0.2, 0.25) is 0 Å². The minimum atomic E-state index is 0.656. The summed E-state index contributed by atoms with van der Waals surface area (Å²) >= 11 is 3.32. The van der Waals surface area contributed by atoms with Gasteiger partial charge in [0.05, 0.1) is 10.0 Å². The van der Waals surface area contributed by atoms with Crippen molar-refractivity contribution in [2.75, 3.05) is 18.0 Å². The second-order valence-electron chi connectivity index (χ2n) is 4.33. The Bertz CT molecular complexity index is 425. The van der Waals surface area contributed by atoms with Crippen molar-refractivity contribution >= 4 is 21.7 Å². The van der Waals surface area contributed by atoms with E-state index in [1.165, 1.54) is 12.8 Å². The molecule has 1 saturated heterocycles. The third-order valence-electron chi connectivity index (χ3n) is 2.94. The van der Waals surface area contributed by atoms with Gasteiger partial charge >= 0.3 is 0 Å². The van der Waals surface area contributed by atoms with E-state index in [1.807, 2.05) is 6.07 Å². The molecule has 0 N–H and O–H groups in total. The standard InChI is InChI=1S/C12H14BrN3/c1-9-3-2-4-16(8-9)12-5-10(6-14)11(13)7-15-12/h5,7,9H,2-4,8H2,1H3/t9-/m0/s1. The predicted molar refractivity (Wildman–Crippen MR) is 67.3 cm³/mol. The van der Waals surface area contributed by atoms with Gasteiger partial charge in [-0.25, -0.2) is 4.98 Å². The van der Waals surface area contributed by atoms with Crippen molar-refractivity contribution < 1.29 is 0 Å². The van der Waals surface area contributed by atoms with Gasteiger partial charge in [0.25, 0.3) is 0 Å². The summed E-state index contributed by atoms with van der Waals surface area (Å²) in [4.78, 5) is 6.64. The van der Waals surface area contributed by atoms with E-state index in [9.17, 15) is 0 Å². The second kappa shape index (κ2) is 4.84. The quantitative estimate of drug-likeness (QED) is 0.794.